The Morgan fingerprint density at radius 1 is 1.37 bits per heavy atom. The summed E-state index contributed by atoms with van der Waals surface area (Å²) >= 11 is 1.51. The molecule has 1 fully saturated rings. The Bertz CT molecular complexity index is 589. The summed E-state index contributed by atoms with van der Waals surface area (Å²) in [7, 11) is 0. The number of fused-ring (bicyclic) bond motifs is 1. The second-order valence-electron chi connectivity index (χ2n) is 5.00. The zero-order chi connectivity index (χ0) is 13.2. The van der Waals surface area contributed by atoms with Crippen LogP contribution in [0.5, 0.6) is 0 Å². The molecule has 2 heterocycles. The quantitative estimate of drug-likeness (QED) is 0.499. The normalized spacial score (nSPS) is 23.4. The van der Waals surface area contributed by atoms with E-state index >= 15 is 0 Å². The van der Waals surface area contributed by atoms with Crippen LogP contribution in [-0.4, -0.2) is 15.3 Å². The summed E-state index contributed by atoms with van der Waals surface area (Å²) in [6.45, 7) is 0. The van der Waals surface area contributed by atoms with Gasteiger partial charge in [0.1, 0.15) is 0 Å². The van der Waals surface area contributed by atoms with E-state index in [2.05, 4.69) is 14.8 Å². The monoisotopic (exact) mass is 276 g/mol. The highest BCUT2D eigenvalue weighted by Gasteiger charge is 2.28. The number of carbonyl (C=O) groups is 1. The fourth-order valence-corrected chi connectivity index (χ4v) is 3.68. The van der Waals surface area contributed by atoms with E-state index in [1.807, 2.05) is 18.5 Å². The Balaban J connectivity index is 1.77. The predicted molar refractivity (Wildman–Crippen MR) is 74.4 cm³/mol. The van der Waals surface area contributed by atoms with Crippen LogP contribution in [0.25, 0.3) is 10.1 Å². The Morgan fingerprint density at radius 3 is 2.89 bits per heavy atom. The summed E-state index contributed by atoms with van der Waals surface area (Å²) in [4.78, 5) is 15.6. The van der Waals surface area contributed by atoms with E-state index in [9.17, 15) is 4.79 Å². The van der Waals surface area contributed by atoms with Crippen LogP contribution in [0.1, 0.15) is 37.3 Å². The highest BCUT2D eigenvalue weighted by atomic mass is 32.1. The van der Waals surface area contributed by atoms with E-state index in [1.165, 1.54) is 22.6 Å². The number of hydrogen-bond donors (Lipinski definition) is 2. The first-order valence-electron chi connectivity index (χ1n) is 6.49. The first-order valence-corrected chi connectivity index (χ1v) is 7.26. The zero-order valence-electron chi connectivity index (χ0n) is 10.5. The number of aromatic nitrogens is 2. The van der Waals surface area contributed by atoms with Gasteiger partial charge in [-0.1, -0.05) is 0 Å². The summed E-state index contributed by atoms with van der Waals surface area (Å²) in [6, 6.07) is 2.03. The number of carbonyl (C=O) groups excluding carboxylic acids is 1. The third kappa shape index (κ3) is 2.33. The van der Waals surface area contributed by atoms with Gasteiger partial charge in [0.25, 0.3) is 0 Å². The lowest BCUT2D eigenvalue weighted by Crippen LogP contribution is -2.37. The summed E-state index contributed by atoms with van der Waals surface area (Å²) in [6.07, 6.45) is 7.45. The molecule has 2 aromatic rings. The van der Waals surface area contributed by atoms with Crippen LogP contribution in [0, 0.1) is 5.92 Å². The Kier molecular flexibility index (Phi) is 3.44. The van der Waals surface area contributed by atoms with E-state index < -0.39 is 0 Å². The number of amides is 1. The minimum Gasteiger partial charge on any atom is -0.294 e. The largest absolute Gasteiger partial charge is 0.294 e. The topological polar surface area (TPSA) is 80.9 Å². The first-order chi connectivity index (χ1) is 9.29. The van der Waals surface area contributed by atoms with Gasteiger partial charge in [-0.2, -0.15) is 4.37 Å². The third-order valence-corrected chi connectivity index (χ3v) is 4.74. The molecule has 0 aromatic carbocycles. The molecule has 1 aliphatic rings. The smallest absolute Gasteiger partial charge is 0.236 e. The van der Waals surface area contributed by atoms with E-state index in [-0.39, 0.29) is 11.8 Å². The second-order valence-corrected chi connectivity index (χ2v) is 5.80. The number of nitrogens with one attached hydrogen (secondary N) is 1. The molecule has 1 aliphatic carbocycles. The number of pyridine rings is 1. The van der Waals surface area contributed by atoms with Gasteiger partial charge < -0.3 is 0 Å². The van der Waals surface area contributed by atoms with Gasteiger partial charge in [-0.15, -0.1) is 0 Å². The fourth-order valence-electron chi connectivity index (χ4n) is 2.85. The van der Waals surface area contributed by atoms with Gasteiger partial charge in [0.2, 0.25) is 5.91 Å². The number of nitrogens with zero attached hydrogens (tertiary/aromatic N) is 2. The molecule has 0 unspecified atom stereocenters. The van der Waals surface area contributed by atoms with Crippen LogP contribution >= 0.6 is 11.5 Å². The summed E-state index contributed by atoms with van der Waals surface area (Å²) < 4.78 is 5.72. The van der Waals surface area contributed by atoms with Gasteiger partial charge in [0.05, 0.1) is 10.4 Å². The molecule has 0 saturated heterocycles. The molecule has 5 nitrogen and oxygen atoms in total. The summed E-state index contributed by atoms with van der Waals surface area (Å²) in [5.41, 5.74) is 3.43. The van der Waals surface area contributed by atoms with Crippen LogP contribution < -0.4 is 11.3 Å². The molecule has 1 amide bonds. The van der Waals surface area contributed by atoms with Crippen molar-refractivity contribution in [1.82, 2.24) is 14.8 Å². The van der Waals surface area contributed by atoms with Crippen molar-refractivity contribution in [2.75, 3.05) is 0 Å². The molecule has 1 saturated carbocycles. The molecule has 0 aliphatic heterocycles. The minimum atomic E-state index is -0.0363. The van der Waals surface area contributed by atoms with Crippen molar-refractivity contribution in [2.24, 2.45) is 11.8 Å². The molecule has 2 aromatic heterocycles. The van der Waals surface area contributed by atoms with Gasteiger partial charge >= 0.3 is 0 Å². The third-order valence-electron chi connectivity index (χ3n) is 3.93. The predicted octanol–water partition coefficient (Wildman–Crippen LogP) is 1.95. The van der Waals surface area contributed by atoms with Crippen LogP contribution in [0.4, 0.5) is 0 Å². The van der Waals surface area contributed by atoms with Gasteiger partial charge in [0.15, 0.2) is 0 Å². The van der Waals surface area contributed by atoms with Crippen molar-refractivity contribution in [3.63, 3.8) is 0 Å². The molecule has 6 heteroatoms. The number of hydrazine groups is 1. The number of nitrogens with two attached hydrogens (primary N) is 1. The SMILES string of the molecule is NNC(=O)[C@H]1CC[C@H](c2nsc3cnccc32)CC1. The van der Waals surface area contributed by atoms with Crippen LogP contribution in [0.2, 0.25) is 0 Å². The van der Waals surface area contributed by atoms with E-state index in [1.54, 1.807) is 0 Å². The van der Waals surface area contributed by atoms with E-state index in [0.717, 1.165) is 30.4 Å². The Labute approximate surface area is 115 Å². The molecule has 100 valence electrons. The molecule has 19 heavy (non-hydrogen) atoms. The van der Waals surface area contributed by atoms with Gasteiger partial charge in [-0.05, 0) is 43.3 Å². The van der Waals surface area contributed by atoms with Crippen molar-refractivity contribution in [3.8, 4) is 0 Å². The Hall–Kier alpha value is -1.53. The van der Waals surface area contributed by atoms with Crippen molar-refractivity contribution in [1.29, 1.82) is 0 Å². The molecular weight excluding hydrogens is 260 g/mol. The maximum atomic E-state index is 11.5. The van der Waals surface area contributed by atoms with E-state index in [0.29, 0.717) is 5.92 Å². The number of hydrogen-bond acceptors (Lipinski definition) is 5. The van der Waals surface area contributed by atoms with Crippen LogP contribution in [-0.2, 0) is 4.79 Å². The van der Waals surface area contributed by atoms with Crippen molar-refractivity contribution in [2.45, 2.75) is 31.6 Å². The average molecular weight is 276 g/mol. The fraction of sp³-hybridized carbons (Fsp3) is 0.462. The summed E-state index contributed by atoms with van der Waals surface area (Å²) in [5.74, 6) is 5.67. The maximum Gasteiger partial charge on any atom is 0.236 e. The van der Waals surface area contributed by atoms with Gasteiger partial charge in [-0.3, -0.25) is 15.2 Å². The molecular formula is C13H16N4OS. The van der Waals surface area contributed by atoms with Crippen LogP contribution in [0.3, 0.4) is 0 Å². The second kappa shape index (κ2) is 5.22. The Morgan fingerprint density at radius 2 is 2.16 bits per heavy atom. The maximum absolute atomic E-state index is 11.5. The van der Waals surface area contributed by atoms with Crippen molar-refractivity contribution in [3.05, 3.63) is 24.2 Å². The zero-order valence-corrected chi connectivity index (χ0v) is 11.3. The van der Waals surface area contributed by atoms with Crippen molar-refractivity contribution >= 4 is 27.5 Å². The lowest BCUT2D eigenvalue weighted by molar-refractivity contribution is -0.126. The minimum absolute atomic E-state index is 0.0363. The summed E-state index contributed by atoms with van der Waals surface area (Å²) in [5, 5.41) is 1.21. The molecule has 3 N–H and O–H groups in total. The highest BCUT2D eigenvalue weighted by Crippen LogP contribution is 2.38. The molecule has 0 spiro atoms. The molecule has 0 bridgehead atoms. The number of rotatable bonds is 2. The molecule has 3 rings (SSSR count). The lowest BCUT2D eigenvalue weighted by atomic mass is 9.79. The molecule has 0 radical (unpaired) electrons. The lowest BCUT2D eigenvalue weighted by Gasteiger charge is -2.26. The standard InChI is InChI=1S/C13H16N4OS/c14-16-13(18)9-3-1-8(2-4-9)12-10-5-6-15-7-11(10)19-17-12/h5-9H,1-4,14H2,(H,16,18)/t8-,9-. The van der Waals surface area contributed by atoms with E-state index in [4.69, 9.17) is 5.84 Å². The van der Waals surface area contributed by atoms with Crippen molar-refractivity contribution < 1.29 is 4.79 Å². The first kappa shape index (κ1) is 12.5. The van der Waals surface area contributed by atoms with Crippen LogP contribution in [0.15, 0.2) is 18.5 Å². The van der Waals surface area contributed by atoms with Gasteiger partial charge in [-0.25, -0.2) is 5.84 Å². The average Bonchev–Trinajstić information content (AvgIpc) is 2.90. The van der Waals surface area contributed by atoms with Gasteiger partial charge in [0, 0.05) is 29.6 Å². The highest BCUT2D eigenvalue weighted by molar-refractivity contribution is 7.13. The molecule has 0 atom stereocenters.